The van der Waals surface area contributed by atoms with Crippen LogP contribution in [0.3, 0.4) is 0 Å². The van der Waals surface area contributed by atoms with Crippen LogP contribution in [0, 0.1) is 0 Å². The molecule has 0 unspecified atom stereocenters. The zero-order valence-corrected chi connectivity index (χ0v) is 14.1. The number of urea groups is 1. The van der Waals surface area contributed by atoms with Crippen LogP contribution in [-0.4, -0.2) is 42.6 Å². The van der Waals surface area contributed by atoms with Gasteiger partial charge in [-0.15, -0.1) is 0 Å². The lowest BCUT2D eigenvalue weighted by Crippen LogP contribution is -2.36. The van der Waals surface area contributed by atoms with Crippen LogP contribution in [-0.2, 0) is 23.1 Å². The lowest BCUT2D eigenvalue weighted by Gasteiger charge is -2.26. The van der Waals surface area contributed by atoms with E-state index in [9.17, 15) is 13.2 Å². The van der Waals surface area contributed by atoms with E-state index in [4.69, 9.17) is 0 Å². The predicted molar refractivity (Wildman–Crippen MR) is 89.6 cm³/mol. The van der Waals surface area contributed by atoms with Gasteiger partial charge in [-0.3, -0.25) is 5.32 Å². The van der Waals surface area contributed by atoms with E-state index in [1.807, 2.05) is 24.3 Å². The Kier molecular flexibility index (Phi) is 4.20. The van der Waals surface area contributed by atoms with Crippen molar-refractivity contribution in [1.82, 2.24) is 19.6 Å². The normalized spacial score (nSPS) is 14.2. The second-order valence-electron chi connectivity index (χ2n) is 5.63. The Hall–Kier alpha value is -2.52. The fourth-order valence-electron chi connectivity index (χ4n) is 2.42. The monoisotopic (exact) mass is 347 g/mol. The summed E-state index contributed by atoms with van der Waals surface area (Å²) in [7, 11) is -1.52. The first kappa shape index (κ1) is 16.3. The van der Waals surface area contributed by atoms with Crippen LogP contribution in [0.4, 0.5) is 10.6 Å². The number of carbonyl (C=O) groups excluding carboxylic acids is 1. The molecule has 0 spiro atoms. The molecule has 24 heavy (non-hydrogen) atoms. The van der Waals surface area contributed by atoms with Gasteiger partial charge in [0.15, 0.2) is 0 Å². The number of amides is 2. The van der Waals surface area contributed by atoms with Crippen LogP contribution in [0.1, 0.15) is 11.1 Å². The van der Waals surface area contributed by atoms with Gasteiger partial charge >= 0.3 is 6.03 Å². The molecule has 0 bridgehead atoms. The van der Waals surface area contributed by atoms with Gasteiger partial charge in [0.2, 0.25) is 10.0 Å². The van der Waals surface area contributed by atoms with Crippen LogP contribution in [0.5, 0.6) is 0 Å². The maximum absolute atomic E-state index is 11.7. The molecule has 1 aromatic carbocycles. The molecule has 2 aromatic rings. The molecule has 0 saturated carbocycles. The molecule has 8 nitrogen and oxygen atoms in total. The number of fused-ring (bicyclic) bond motifs is 1. The van der Waals surface area contributed by atoms with E-state index in [1.165, 1.54) is 6.33 Å². The second kappa shape index (κ2) is 6.17. The summed E-state index contributed by atoms with van der Waals surface area (Å²) in [4.78, 5) is 21.7. The number of hydrogen-bond donors (Lipinski definition) is 2. The van der Waals surface area contributed by atoms with Gasteiger partial charge in [-0.2, -0.15) is 0 Å². The predicted octanol–water partition coefficient (Wildman–Crippen LogP) is 1.17. The fourth-order valence-corrected chi connectivity index (χ4v) is 2.85. The lowest BCUT2D eigenvalue weighted by atomic mass is 10.0. The molecular weight excluding hydrogens is 330 g/mol. The van der Waals surface area contributed by atoms with Crippen molar-refractivity contribution >= 4 is 21.9 Å². The largest absolute Gasteiger partial charge is 0.323 e. The molecule has 1 aromatic heterocycles. The standard InChI is InChI=1S/C15H17N5O3S/c1-20-8-12-13(16-9-17-14(12)19-15(20)21)11-5-3-10(4-6-11)7-18-24(2,22)23/h3-6,9,18H,7-8H2,1-2H3,(H,16,17,19,21). The van der Waals surface area contributed by atoms with Gasteiger partial charge in [0, 0.05) is 24.7 Å². The molecule has 0 aliphatic carbocycles. The molecule has 2 heterocycles. The Balaban J connectivity index is 1.88. The number of nitrogens with one attached hydrogen (secondary N) is 2. The van der Waals surface area contributed by atoms with E-state index in [1.54, 1.807) is 11.9 Å². The van der Waals surface area contributed by atoms with E-state index >= 15 is 0 Å². The van der Waals surface area contributed by atoms with Gasteiger partial charge < -0.3 is 4.90 Å². The highest BCUT2D eigenvalue weighted by Gasteiger charge is 2.24. The summed E-state index contributed by atoms with van der Waals surface area (Å²) in [6.07, 6.45) is 2.54. The zero-order valence-electron chi connectivity index (χ0n) is 13.3. The van der Waals surface area contributed by atoms with Gasteiger partial charge in [0.25, 0.3) is 0 Å². The fraction of sp³-hybridized carbons (Fsp3) is 0.267. The summed E-state index contributed by atoms with van der Waals surface area (Å²) in [6.45, 7) is 0.661. The molecular formula is C15H17N5O3S. The third-order valence-corrected chi connectivity index (χ3v) is 4.35. The quantitative estimate of drug-likeness (QED) is 0.864. The number of nitrogens with zero attached hydrogens (tertiary/aromatic N) is 3. The molecule has 126 valence electrons. The topological polar surface area (TPSA) is 104 Å². The number of benzene rings is 1. The lowest BCUT2D eigenvalue weighted by molar-refractivity contribution is 0.218. The van der Waals surface area contributed by atoms with Gasteiger partial charge in [-0.1, -0.05) is 24.3 Å². The smallest absolute Gasteiger partial charge is 0.323 e. The summed E-state index contributed by atoms with van der Waals surface area (Å²) >= 11 is 0. The number of hydrogen-bond acceptors (Lipinski definition) is 5. The van der Waals surface area contributed by atoms with Crippen molar-refractivity contribution in [3.8, 4) is 11.3 Å². The van der Waals surface area contributed by atoms with E-state index < -0.39 is 10.0 Å². The minimum Gasteiger partial charge on any atom is -0.323 e. The highest BCUT2D eigenvalue weighted by atomic mass is 32.2. The Bertz CT molecular complexity index is 880. The van der Waals surface area contributed by atoms with Crippen molar-refractivity contribution in [2.45, 2.75) is 13.1 Å². The number of aromatic nitrogens is 2. The average molecular weight is 347 g/mol. The molecule has 0 radical (unpaired) electrons. The number of sulfonamides is 1. The Labute approximate surface area is 140 Å². The van der Waals surface area contributed by atoms with Gasteiger partial charge in [-0.05, 0) is 5.56 Å². The first-order valence-electron chi connectivity index (χ1n) is 7.23. The molecule has 1 aliphatic heterocycles. The maximum atomic E-state index is 11.7. The number of carbonyl (C=O) groups is 1. The molecule has 1 aliphatic rings. The highest BCUT2D eigenvalue weighted by molar-refractivity contribution is 7.88. The maximum Gasteiger partial charge on any atom is 0.323 e. The molecule has 0 saturated heterocycles. The first-order valence-corrected chi connectivity index (χ1v) is 9.12. The van der Waals surface area contributed by atoms with Crippen molar-refractivity contribution in [2.75, 3.05) is 18.6 Å². The molecule has 9 heteroatoms. The molecule has 3 rings (SSSR count). The van der Waals surface area contributed by atoms with Crippen LogP contribution < -0.4 is 10.0 Å². The minimum atomic E-state index is -3.22. The molecule has 2 N–H and O–H groups in total. The van der Waals surface area contributed by atoms with Crippen molar-refractivity contribution in [3.05, 3.63) is 41.7 Å². The van der Waals surface area contributed by atoms with E-state index in [2.05, 4.69) is 20.0 Å². The van der Waals surface area contributed by atoms with Crippen LogP contribution in [0.2, 0.25) is 0 Å². The van der Waals surface area contributed by atoms with Gasteiger partial charge in [0.1, 0.15) is 12.1 Å². The minimum absolute atomic E-state index is 0.200. The van der Waals surface area contributed by atoms with Crippen LogP contribution >= 0.6 is 0 Å². The van der Waals surface area contributed by atoms with Crippen molar-refractivity contribution in [1.29, 1.82) is 0 Å². The Morgan fingerprint density at radius 3 is 2.62 bits per heavy atom. The van der Waals surface area contributed by atoms with Crippen molar-refractivity contribution < 1.29 is 13.2 Å². The summed E-state index contributed by atoms with van der Waals surface area (Å²) in [5.74, 6) is 0.519. The zero-order chi connectivity index (χ0) is 17.3. The highest BCUT2D eigenvalue weighted by Crippen LogP contribution is 2.29. The Morgan fingerprint density at radius 2 is 1.96 bits per heavy atom. The summed E-state index contributed by atoms with van der Waals surface area (Å²) in [6, 6.07) is 7.23. The third-order valence-electron chi connectivity index (χ3n) is 3.68. The van der Waals surface area contributed by atoms with Gasteiger partial charge in [-0.25, -0.2) is 27.9 Å². The molecule has 0 fully saturated rings. The van der Waals surface area contributed by atoms with Crippen molar-refractivity contribution in [2.24, 2.45) is 0 Å². The summed E-state index contributed by atoms with van der Waals surface area (Å²) in [5, 5.41) is 2.73. The van der Waals surface area contributed by atoms with Crippen molar-refractivity contribution in [3.63, 3.8) is 0 Å². The first-order chi connectivity index (χ1) is 11.3. The van der Waals surface area contributed by atoms with E-state index in [0.29, 0.717) is 12.4 Å². The third kappa shape index (κ3) is 3.52. The summed E-state index contributed by atoms with van der Waals surface area (Å²) < 4.78 is 24.7. The van der Waals surface area contributed by atoms with E-state index in [0.717, 1.165) is 28.6 Å². The SMILES string of the molecule is CN1Cc2c(ncnc2-c2ccc(CNS(C)(=O)=O)cc2)NC1=O. The average Bonchev–Trinajstić information content (AvgIpc) is 2.53. The molecule has 0 atom stereocenters. The second-order valence-corrected chi connectivity index (χ2v) is 7.46. The van der Waals surface area contributed by atoms with Crippen LogP contribution in [0.15, 0.2) is 30.6 Å². The summed E-state index contributed by atoms with van der Waals surface area (Å²) in [5.41, 5.74) is 3.31. The number of anilines is 1. The van der Waals surface area contributed by atoms with E-state index in [-0.39, 0.29) is 12.6 Å². The van der Waals surface area contributed by atoms with Gasteiger partial charge in [0.05, 0.1) is 18.5 Å². The number of rotatable bonds is 4. The van der Waals surface area contributed by atoms with Crippen LogP contribution in [0.25, 0.3) is 11.3 Å². The Morgan fingerprint density at radius 1 is 1.25 bits per heavy atom. The molecule has 2 amide bonds.